The second kappa shape index (κ2) is 11.0. The van der Waals surface area contributed by atoms with Gasteiger partial charge in [-0.3, -0.25) is 0 Å². The predicted molar refractivity (Wildman–Crippen MR) is 101 cm³/mol. The molecule has 0 fully saturated rings. The van der Waals surface area contributed by atoms with Crippen molar-refractivity contribution in [1.29, 1.82) is 0 Å². The summed E-state index contributed by atoms with van der Waals surface area (Å²) in [6.07, 6.45) is 2.06. The summed E-state index contributed by atoms with van der Waals surface area (Å²) in [4.78, 5) is 0. The molecule has 2 atom stereocenters. The van der Waals surface area contributed by atoms with Crippen LogP contribution in [0.2, 0.25) is 0 Å². The first-order chi connectivity index (χ1) is 11.9. The average molecular weight is 326 g/mol. The van der Waals surface area contributed by atoms with E-state index < -0.39 is 0 Å². The molecule has 2 unspecified atom stereocenters. The van der Waals surface area contributed by atoms with Crippen LogP contribution in [0.25, 0.3) is 0 Å². The Morgan fingerprint density at radius 3 is 1.33 bits per heavy atom. The van der Waals surface area contributed by atoms with Crippen LogP contribution in [0.1, 0.15) is 49.7 Å². The SMILES string of the molecule is CCOCCC(c1ccccc1)C(CCOCC)c1ccccc1. The molecule has 2 rings (SSSR count). The molecule has 0 amide bonds. The van der Waals surface area contributed by atoms with Gasteiger partial charge < -0.3 is 9.47 Å². The second-order valence-electron chi connectivity index (χ2n) is 6.01. The third-order valence-electron chi connectivity index (χ3n) is 4.50. The van der Waals surface area contributed by atoms with Gasteiger partial charge in [-0.25, -0.2) is 0 Å². The van der Waals surface area contributed by atoms with Crippen LogP contribution in [0.5, 0.6) is 0 Å². The van der Waals surface area contributed by atoms with E-state index in [1.165, 1.54) is 11.1 Å². The Morgan fingerprint density at radius 1 is 0.625 bits per heavy atom. The summed E-state index contributed by atoms with van der Waals surface area (Å²) in [6.45, 7) is 7.26. The van der Waals surface area contributed by atoms with E-state index >= 15 is 0 Å². The highest BCUT2D eigenvalue weighted by Crippen LogP contribution is 2.38. The lowest BCUT2D eigenvalue weighted by molar-refractivity contribution is 0.123. The third-order valence-corrected chi connectivity index (χ3v) is 4.50. The van der Waals surface area contributed by atoms with Crippen LogP contribution in [0.3, 0.4) is 0 Å². The highest BCUT2D eigenvalue weighted by Gasteiger charge is 2.24. The molecule has 130 valence electrons. The highest BCUT2D eigenvalue weighted by atomic mass is 16.5. The highest BCUT2D eigenvalue weighted by molar-refractivity contribution is 5.28. The molecule has 0 aromatic heterocycles. The van der Waals surface area contributed by atoms with Gasteiger partial charge in [0.15, 0.2) is 0 Å². The second-order valence-corrected chi connectivity index (χ2v) is 6.01. The van der Waals surface area contributed by atoms with Crippen LogP contribution in [0, 0.1) is 0 Å². The van der Waals surface area contributed by atoms with Crippen LogP contribution in [-0.4, -0.2) is 26.4 Å². The Balaban J connectivity index is 2.24. The number of benzene rings is 2. The third kappa shape index (κ3) is 5.77. The first-order valence-electron chi connectivity index (χ1n) is 9.12. The number of rotatable bonds is 11. The van der Waals surface area contributed by atoms with Gasteiger partial charge in [0, 0.05) is 26.4 Å². The topological polar surface area (TPSA) is 18.5 Å². The minimum Gasteiger partial charge on any atom is -0.382 e. The number of hydrogen-bond acceptors (Lipinski definition) is 2. The molecule has 0 saturated carbocycles. The van der Waals surface area contributed by atoms with Gasteiger partial charge in [0.25, 0.3) is 0 Å². The first-order valence-corrected chi connectivity index (χ1v) is 9.12. The van der Waals surface area contributed by atoms with E-state index in [-0.39, 0.29) is 0 Å². The van der Waals surface area contributed by atoms with Crippen molar-refractivity contribution in [2.75, 3.05) is 26.4 Å². The standard InChI is InChI=1S/C22H30O2/c1-3-23-17-15-21(19-11-7-5-8-12-19)22(16-18-24-4-2)20-13-9-6-10-14-20/h5-14,21-22H,3-4,15-18H2,1-2H3. The minimum absolute atomic E-state index is 0.445. The Kier molecular flexibility index (Phi) is 8.58. The molecule has 0 bridgehead atoms. The molecule has 0 aliphatic heterocycles. The molecule has 0 spiro atoms. The molecular formula is C22H30O2. The van der Waals surface area contributed by atoms with Gasteiger partial charge in [-0.05, 0) is 49.7 Å². The molecule has 0 N–H and O–H groups in total. The molecule has 2 heteroatoms. The summed E-state index contributed by atoms with van der Waals surface area (Å²) in [6, 6.07) is 21.7. The van der Waals surface area contributed by atoms with Gasteiger partial charge in [0.2, 0.25) is 0 Å². The lowest BCUT2D eigenvalue weighted by atomic mass is 9.78. The Hall–Kier alpha value is -1.64. The minimum atomic E-state index is 0.445. The van der Waals surface area contributed by atoms with Gasteiger partial charge in [-0.15, -0.1) is 0 Å². The molecule has 0 aliphatic carbocycles. The molecule has 2 aromatic carbocycles. The van der Waals surface area contributed by atoms with Gasteiger partial charge in [-0.1, -0.05) is 60.7 Å². The van der Waals surface area contributed by atoms with E-state index in [0.717, 1.165) is 39.3 Å². The monoisotopic (exact) mass is 326 g/mol. The normalized spacial score (nSPS) is 13.6. The molecule has 2 aromatic rings. The zero-order valence-corrected chi connectivity index (χ0v) is 15.0. The van der Waals surface area contributed by atoms with E-state index in [1.807, 2.05) is 0 Å². The quantitative estimate of drug-likeness (QED) is 0.514. The van der Waals surface area contributed by atoms with Crippen molar-refractivity contribution >= 4 is 0 Å². The predicted octanol–water partition coefficient (Wildman–Crippen LogP) is 5.41. The fourth-order valence-corrected chi connectivity index (χ4v) is 3.31. The maximum atomic E-state index is 5.67. The summed E-state index contributed by atoms with van der Waals surface area (Å²) in [5.74, 6) is 0.890. The Labute approximate surface area is 146 Å². The zero-order valence-electron chi connectivity index (χ0n) is 15.0. The maximum absolute atomic E-state index is 5.67. The van der Waals surface area contributed by atoms with Crippen LogP contribution in [0.15, 0.2) is 60.7 Å². The van der Waals surface area contributed by atoms with Crippen molar-refractivity contribution in [3.63, 3.8) is 0 Å². The van der Waals surface area contributed by atoms with E-state index in [9.17, 15) is 0 Å². The smallest absolute Gasteiger partial charge is 0.0471 e. The van der Waals surface area contributed by atoms with Gasteiger partial charge in [0.05, 0.1) is 0 Å². The molecular weight excluding hydrogens is 296 g/mol. The average Bonchev–Trinajstić information content (AvgIpc) is 2.65. The number of hydrogen-bond donors (Lipinski definition) is 0. The Bertz CT molecular complexity index is 487. The molecule has 2 nitrogen and oxygen atoms in total. The van der Waals surface area contributed by atoms with Crippen molar-refractivity contribution in [2.24, 2.45) is 0 Å². The summed E-state index contributed by atoms with van der Waals surface area (Å²) in [5.41, 5.74) is 2.78. The summed E-state index contributed by atoms with van der Waals surface area (Å²) in [5, 5.41) is 0. The largest absolute Gasteiger partial charge is 0.382 e. The van der Waals surface area contributed by atoms with Crippen molar-refractivity contribution in [3.05, 3.63) is 71.8 Å². The van der Waals surface area contributed by atoms with Gasteiger partial charge >= 0.3 is 0 Å². The number of ether oxygens (including phenoxy) is 2. The van der Waals surface area contributed by atoms with Gasteiger partial charge in [-0.2, -0.15) is 0 Å². The molecule has 24 heavy (non-hydrogen) atoms. The van der Waals surface area contributed by atoms with Crippen LogP contribution >= 0.6 is 0 Å². The Morgan fingerprint density at radius 2 is 1.00 bits per heavy atom. The van der Waals surface area contributed by atoms with Crippen molar-refractivity contribution in [3.8, 4) is 0 Å². The zero-order chi connectivity index (χ0) is 17.0. The summed E-state index contributed by atoms with van der Waals surface area (Å²) >= 11 is 0. The van der Waals surface area contributed by atoms with E-state index in [2.05, 4.69) is 74.5 Å². The summed E-state index contributed by atoms with van der Waals surface area (Å²) in [7, 11) is 0. The fourth-order valence-electron chi connectivity index (χ4n) is 3.31. The van der Waals surface area contributed by atoms with E-state index in [0.29, 0.717) is 11.8 Å². The molecule has 0 saturated heterocycles. The van der Waals surface area contributed by atoms with E-state index in [1.54, 1.807) is 0 Å². The summed E-state index contributed by atoms with van der Waals surface area (Å²) < 4.78 is 11.3. The van der Waals surface area contributed by atoms with Crippen molar-refractivity contribution < 1.29 is 9.47 Å². The van der Waals surface area contributed by atoms with Crippen LogP contribution < -0.4 is 0 Å². The van der Waals surface area contributed by atoms with E-state index in [4.69, 9.17) is 9.47 Å². The lowest BCUT2D eigenvalue weighted by Gasteiger charge is -2.28. The molecule has 0 radical (unpaired) electrons. The molecule has 0 heterocycles. The first kappa shape index (κ1) is 18.7. The van der Waals surface area contributed by atoms with Crippen LogP contribution in [0.4, 0.5) is 0 Å². The lowest BCUT2D eigenvalue weighted by Crippen LogP contribution is -2.16. The van der Waals surface area contributed by atoms with Crippen LogP contribution in [-0.2, 0) is 9.47 Å². The molecule has 0 aliphatic rings. The maximum Gasteiger partial charge on any atom is 0.0471 e. The van der Waals surface area contributed by atoms with Gasteiger partial charge in [0.1, 0.15) is 0 Å². The van der Waals surface area contributed by atoms with Crippen molar-refractivity contribution in [2.45, 2.75) is 38.5 Å². The fraction of sp³-hybridized carbons (Fsp3) is 0.455. The van der Waals surface area contributed by atoms with Crippen molar-refractivity contribution in [1.82, 2.24) is 0 Å².